The first-order valence-electron chi connectivity index (χ1n) is 5.34. The summed E-state index contributed by atoms with van der Waals surface area (Å²) < 4.78 is 2.50. The fourth-order valence-electron chi connectivity index (χ4n) is 1.26. The molecule has 1 aromatic carbocycles. The summed E-state index contributed by atoms with van der Waals surface area (Å²) >= 11 is 10.2. The van der Waals surface area contributed by atoms with Crippen molar-refractivity contribution in [3.8, 4) is 0 Å². The normalized spacial score (nSPS) is 13.3. The van der Waals surface area contributed by atoms with Crippen molar-refractivity contribution in [2.45, 2.75) is 26.8 Å². The van der Waals surface area contributed by atoms with E-state index in [4.69, 9.17) is 5.73 Å². The van der Waals surface area contributed by atoms with E-state index in [-0.39, 0.29) is 11.3 Å². The van der Waals surface area contributed by atoms with Gasteiger partial charge in [0.05, 0.1) is 11.7 Å². The van der Waals surface area contributed by atoms with E-state index in [0.717, 1.165) is 13.4 Å². The van der Waals surface area contributed by atoms with Crippen LogP contribution in [0.2, 0.25) is 0 Å². The molecule has 3 N–H and O–H groups in total. The van der Waals surface area contributed by atoms with Crippen LogP contribution in [0.3, 0.4) is 0 Å². The Morgan fingerprint density at radius 2 is 1.67 bits per heavy atom. The van der Waals surface area contributed by atoms with E-state index in [0.29, 0.717) is 5.69 Å². The molecule has 1 aromatic rings. The molecule has 0 saturated carbocycles. The number of benzene rings is 1. The summed E-state index contributed by atoms with van der Waals surface area (Å²) in [6.07, 6.45) is 0. The molecule has 0 aromatic heterocycles. The van der Waals surface area contributed by atoms with E-state index in [1.54, 1.807) is 0 Å². The number of nitrogens with two attached hydrogens (primary N) is 1. The van der Waals surface area contributed by atoms with Gasteiger partial charge in [-0.2, -0.15) is 0 Å². The van der Waals surface area contributed by atoms with Gasteiger partial charge in [-0.05, 0) is 49.4 Å². The number of carbonyl (C=O) groups excluding carboxylic acids is 1. The summed E-state index contributed by atoms with van der Waals surface area (Å²) in [6.45, 7) is 5.80. The van der Waals surface area contributed by atoms with E-state index >= 15 is 0 Å². The van der Waals surface area contributed by atoms with E-state index in [1.807, 2.05) is 32.9 Å². The topological polar surface area (TPSA) is 55.1 Å². The number of hydrogen-bond donors (Lipinski definition) is 2. The van der Waals surface area contributed by atoms with Crippen molar-refractivity contribution in [3.63, 3.8) is 0 Å². The molecule has 1 rings (SSSR count). The number of hydrogen-bond acceptors (Lipinski definition) is 2. The van der Waals surface area contributed by atoms with Crippen LogP contribution in [-0.2, 0) is 4.79 Å². The lowest BCUT2D eigenvalue weighted by Gasteiger charge is -2.26. The van der Waals surface area contributed by atoms with Crippen molar-refractivity contribution in [1.29, 1.82) is 0 Å². The molecule has 1 amide bonds. The largest absolute Gasteiger partial charge is 0.323 e. The lowest BCUT2D eigenvalue weighted by Crippen LogP contribution is -2.45. The highest BCUT2D eigenvalue weighted by Crippen LogP contribution is 2.34. The molecule has 0 heterocycles. The molecule has 0 fully saturated rings. The zero-order valence-corrected chi connectivity index (χ0v) is 15.1. The van der Waals surface area contributed by atoms with Crippen LogP contribution in [-0.4, -0.2) is 11.9 Å². The van der Waals surface area contributed by atoms with Gasteiger partial charge in [-0.25, -0.2) is 0 Å². The third kappa shape index (κ3) is 4.05. The maximum absolute atomic E-state index is 12.1. The van der Waals surface area contributed by atoms with E-state index in [9.17, 15) is 4.79 Å². The predicted octanol–water partition coefficient (Wildman–Crippen LogP) is 4.29. The van der Waals surface area contributed by atoms with Crippen molar-refractivity contribution in [2.24, 2.45) is 11.1 Å². The third-order valence-electron chi connectivity index (χ3n) is 2.47. The van der Waals surface area contributed by atoms with Crippen molar-refractivity contribution in [1.82, 2.24) is 0 Å². The number of carbonyl (C=O) groups is 1. The van der Waals surface area contributed by atoms with Crippen LogP contribution in [0.1, 0.15) is 20.8 Å². The van der Waals surface area contributed by atoms with E-state index in [1.165, 1.54) is 0 Å². The second-order valence-corrected chi connectivity index (χ2v) is 7.70. The van der Waals surface area contributed by atoms with Gasteiger partial charge in [-0.3, -0.25) is 4.79 Å². The number of amides is 1. The second-order valence-electron chi connectivity index (χ2n) is 5.08. The van der Waals surface area contributed by atoms with Gasteiger partial charge in [0.2, 0.25) is 5.91 Å². The Hall–Kier alpha value is 0.0900. The summed E-state index contributed by atoms with van der Waals surface area (Å²) in [7, 11) is 0. The molecule has 0 saturated heterocycles. The Morgan fingerprint density at radius 3 is 2.06 bits per heavy atom. The molecular weight excluding hydrogens is 428 g/mol. The molecule has 3 nitrogen and oxygen atoms in total. The highest BCUT2D eigenvalue weighted by Gasteiger charge is 2.28. The van der Waals surface area contributed by atoms with Crippen LogP contribution in [0.15, 0.2) is 25.6 Å². The Balaban J connectivity index is 2.96. The first-order valence-corrected chi connectivity index (χ1v) is 7.72. The fourth-order valence-corrected chi connectivity index (χ4v) is 3.71. The molecule has 0 spiro atoms. The molecule has 0 bridgehead atoms. The monoisotopic (exact) mass is 440 g/mol. The van der Waals surface area contributed by atoms with Gasteiger partial charge in [0, 0.05) is 13.4 Å². The maximum Gasteiger partial charge on any atom is 0.241 e. The van der Waals surface area contributed by atoms with Crippen molar-refractivity contribution < 1.29 is 4.79 Å². The summed E-state index contributed by atoms with van der Waals surface area (Å²) in [6, 6.07) is 3.16. The molecule has 0 radical (unpaired) electrons. The average Bonchev–Trinajstić information content (AvgIpc) is 2.20. The van der Waals surface area contributed by atoms with Gasteiger partial charge < -0.3 is 11.1 Å². The summed E-state index contributed by atoms with van der Waals surface area (Å²) in [5.41, 5.74) is 6.32. The van der Waals surface area contributed by atoms with Crippen LogP contribution < -0.4 is 11.1 Å². The van der Waals surface area contributed by atoms with Crippen molar-refractivity contribution in [3.05, 3.63) is 25.6 Å². The van der Waals surface area contributed by atoms with Crippen molar-refractivity contribution >= 4 is 59.4 Å². The number of anilines is 1. The van der Waals surface area contributed by atoms with Crippen LogP contribution >= 0.6 is 47.8 Å². The molecule has 18 heavy (non-hydrogen) atoms. The molecule has 0 aliphatic heterocycles. The van der Waals surface area contributed by atoms with Gasteiger partial charge in [0.25, 0.3) is 0 Å². The number of rotatable bonds is 2. The first kappa shape index (κ1) is 16.1. The van der Waals surface area contributed by atoms with Crippen LogP contribution in [0.5, 0.6) is 0 Å². The van der Waals surface area contributed by atoms with Crippen LogP contribution in [0.25, 0.3) is 0 Å². The number of halogens is 3. The number of nitrogens with one attached hydrogen (secondary N) is 1. The van der Waals surface area contributed by atoms with E-state index < -0.39 is 6.04 Å². The maximum atomic E-state index is 12.1. The molecule has 0 unspecified atom stereocenters. The third-order valence-corrected chi connectivity index (χ3v) is 4.18. The Kier molecular flexibility index (Phi) is 5.41. The zero-order valence-electron chi connectivity index (χ0n) is 10.4. The Bertz CT molecular complexity index is 446. The lowest BCUT2D eigenvalue weighted by atomic mass is 9.87. The molecule has 100 valence electrons. The highest BCUT2D eigenvalue weighted by atomic mass is 79.9. The van der Waals surface area contributed by atoms with Crippen molar-refractivity contribution in [2.75, 3.05) is 5.32 Å². The minimum atomic E-state index is -0.569. The molecule has 0 aliphatic carbocycles. The molecule has 6 heteroatoms. The van der Waals surface area contributed by atoms with Crippen LogP contribution in [0, 0.1) is 5.41 Å². The van der Waals surface area contributed by atoms with Crippen LogP contribution in [0.4, 0.5) is 5.69 Å². The second kappa shape index (κ2) is 6.03. The standard InChI is InChI=1S/C12H15Br3N2O/c1-12(2,3)10(16)11(18)17-9-7(14)4-6(13)5-8(9)15/h4-5,10H,16H2,1-3H3,(H,17,18)/t10-/m1/s1. The van der Waals surface area contributed by atoms with Gasteiger partial charge in [0.1, 0.15) is 0 Å². The molecule has 1 atom stereocenters. The minimum Gasteiger partial charge on any atom is -0.323 e. The lowest BCUT2D eigenvalue weighted by molar-refractivity contribution is -0.119. The Morgan fingerprint density at radius 1 is 1.22 bits per heavy atom. The molecular formula is C12H15Br3N2O. The van der Waals surface area contributed by atoms with Gasteiger partial charge in [-0.15, -0.1) is 0 Å². The molecule has 0 aliphatic rings. The Labute approximate surface area is 132 Å². The minimum absolute atomic E-state index is 0.203. The van der Waals surface area contributed by atoms with E-state index in [2.05, 4.69) is 53.1 Å². The summed E-state index contributed by atoms with van der Waals surface area (Å²) in [5.74, 6) is -0.203. The predicted molar refractivity (Wildman–Crippen MR) is 85.6 cm³/mol. The zero-order chi connectivity index (χ0) is 14.1. The average molecular weight is 443 g/mol. The summed E-state index contributed by atoms with van der Waals surface area (Å²) in [5, 5.41) is 2.83. The van der Waals surface area contributed by atoms with Gasteiger partial charge in [-0.1, -0.05) is 36.7 Å². The highest BCUT2D eigenvalue weighted by molar-refractivity contribution is 9.11. The quantitative estimate of drug-likeness (QED) is 0.718. The summed E-state index contributed by atoms with van der Waals surface area (Å²) in [4.78, 5) is 12.1. The smallest absolute Gasteiger partial charge is 0.241 e. The SMILES string of the molecule is CC(C)(C)[C@H](N)C(=O)Nc1c(Br)cc(Br)cc1Br. The fraction of sp³-hybridized carbons (Fsp3) is 0.417. The first-order chi connectivity index (χ1) is 8.12. The van der Waals surface area contributed by atoms with Gasteiger partial charge in [0.15, 0.2) is 0 Å². The van der Waals surface area contributed by atoms with Gasteiger partial charge >= 0.3 is 0 Å².